The molecule has 140 valence electrons. The third kappa shape index (κ3) is 4.75. The summed E-state index contributed by atoms with van der Waals surface area (Å²) in [7, 11) is 1.65. The van der Waals surface area contributed by atoms with E-state index < -0.39 is 11.7 Å². The van der Waals surface area contributed by atoms with Gasteiger partial charge in [-0.25, -0.2) is 0 Å². The van der Waals surface area contributed by atoms with Crippen molar-refractivity contribution in [1.82, 2.24) is 9.80 Å². The van der Waals surface area contributed by atoms with E-state index in [2.05, 4.69) is 0 Å². The van der Waals surface area contributed by atoms with E-state index in [9.17, 15) is 22.8 Å². The van der Waals surface area contributed by atoms with Crippen molar-refractivity contribution in [2.75, 3.05) is 26.7 Å². The number of benzene rings is 1. The molecule has 1 aromatic carbocycles. The highest BCUT2D eigenvalue weighted by Gasteiger charge is 2.32. The van der Waals surface area contributed by atoms with Crippen molar-refractivity contribution in [3.05, 3.63) is 35.4 Å². The third-order valence-electron chi connectivity index (χ3n) is 4.53. The lowest BCUT2D eigenvalue weighted by Crippen LogP contribution is -2.43. The molecular weight excluding hydrogens is 347 g/mol. The van der Waals surface area contributed by atoms with E-state index in [1.54, 1.807) is 11.9 Å². The van der Waals surface area contributed by atoms with Gasteiger partial charge in [-0.2, -0.15) is 18.4 Å². The molecule has 0 unspecified atom stereocenters. The topological polar surface area (TPSA) is 64.4 Å². The van der Waals surface area contributed by atoms with E-state index in [1.165, 1.54) is 17.0 Å². The Hall–Kier alpha value is -2.56. The maximum absolute atomic E-state index is 12.6. The predicted molar refractivity (Wildman–Crippen MR) is 87.9 cm³/mol. The molecule has 8 heteroatoms. The van der Waals surface area contributed by atoms with Crippen LogP contribution < -0.4 is 0 Å². The van der Waals surface area contributed by atoms with Crippen molar-refractivity contribution < 1.29 is 22.8 Å². The summed E-state index contributed by atoms with van der Waals surface area (Å²) in [5.74, 6) is -0.570. The number of likely N-dealkylation sites (tertiary alicyclic amines) is 1. The Labute approximate surface area is 150 Å². The number of halogens is 3. The minimum atomic E-state index is -4.43. The van der Waals surface area contributed by atoms with Crippen molar-refractivity contribution in [1.29, 1.82) is 5.26 Å². The van der Waals surface area contributed by atoms with Crippen molar-refractivity contribution in [3.63, 3.8) is 0 Å². The molecule has 1 aliphatic rings. The SMILES string of the molecule is CN(CCC#N)C(=O)C1CCN(C(=O)c2ccc(C(F)(F)F)cc2)CC1. The summed E-state index contributed by atoms with van der Waals surface area (Å²) in [6.45, 7) is 1.13. The number of hydrogen-bond donors (Lipinski definition) is 0. The van der Waals surface area contributed by atoms with Crippen LogP contribution >= 0.6 is 0 Å². The lowest BCUT2D eigenvalue weighted by molar-refractivity contribution is -0.137. The predicted octanol–water partition coefficient (Wildman–Crippen LogP) is 2.93. The average molecular weight is 367 g/mol. The van der Waals surface area contributed by atoms with Crippen LogP contribution in [-0.4, -0.2) is 48.3 Å². The van der Waals surface area contributed by atoms with Gasteiger partial charge in [-0.15, -0.1) is 0 Å². The Kier molecular flexibility index (Phi) is 6.24. The van der Waals surface area contributed by atoms with Crippen LogP contribution in [0.25, 0.3) is 0 Å². The number of piperidine rings is 1. The lowest BCUT2D eigenvalue weighted by atomic mass is 9.94. The van der Waals surface area contributed by atoms with Gasteiger partial charge >= 0.3 is 6.18 Å². The molecule has 2 rings (SSSR count). The van der Waals surface area contributed by atoms with Gasteiger partial charge in [0.1, 0.15) is 0 Å². The first-order valence-corrected chi connectivity index (χ1v) is 8.32. The molecule has 0 radical (unpaired) electrons. The van der Waals surface area contributed by atoms with Crippen molar-refractivity contribution >= 4 is 11.8 Å². The molecule has 0 spiro atoms. The van der Waals surface area contributed by atoms with Gasteiger partial charge in [-0.05, 0) is 37.1 Å². The van der Waals surface area contributed by atoms with Gasteiger partial charge in [0.15, 0.2) is 0 Å². The fourth-order valence-electron chi connectivity index (χ4n) is 2.95. The van der Waals surface area contributed by atoms with Gasteiger partial charge in [0, 0.05) is 38.2 Å². The molecule has 5 nitrogen and oxygen atoms in total. The van der Waals surface area contributed by atoms with Crippen LogP contribution in [0.5, 0.6) is 0 Å². The van der Waals surface area contributed by atoms with Crippen LogP contribution in [0.2, 0.25) is 0 Å². The van der Waals surface area contributed by atoms with E-state index in [0.29, 0.717) is 32.5 Å². The molecule has 0 aliphatic carbocycles. The number of hydrogen-bond acceptors (Lipinski definition) is 3. The first-order valence-electron chi connectivity index (χ1n) is 8.32. The van der Waals surface area contributed by atoms with Crippen LogP contribution in [-0.2, 0) is 11.0 Å². The second-order valence-corrected chi connectivity index (χ2v) is 6.31. The molecule has 1 fully saturated rings. The molecule has 1 heterocycles. The third-order valence-corrected chi connectivity index (χ3v) is 4.53. The highest BCUT2D eigenvalue weighted by Crippen LogP contribution is 2.29. The molecule has 0 aromatic heterocycles. The Balaban J connectivity index is 1.92. The average Bonchev–Trinajstić information content (AvgIpc) is 2.64. The van der Waals surface area contributed by atoms with Crippen LogP contribution in [0.4, 0.5) is 13.2 Å². The maximum atomic E-state index is 12.6. The van der Waals surface area contributed by atoms with Gasteiger partial charge in [0.2, 0.25) is 5.91 Å². The minimum Gasteiger partial charge on any atom is -0.344 e. The first kappa shape index (κ1) is 19.8. The Morgan fingerprint density at radius 3 is 2.31 bits per heavy atom. The van der Waals surface area contributed by atoms with E-state index in [4.69, 9.17) is 5.26 Å². The number of amides is 2. The van der Waals surface area contributed by atoms with Crippen LogP contribution in [0.3, 0.4) is 0 Å². The standard InChI is InChI=1S/C18H20F3N3O2/c1-23(10-2-9-22)16(25)14-7-11-24(12-8-14)17(26)13-3-5-15(6-4-13)18(19,20)21/h3-6,14H,2,7-8,10-12H2,1H3. The van der Waals surface area contributed by atoms with Gasteiger partial charge in [-0.1, -0.05) is 0 Å². The highest BCUT2D eigenvalue weighted by atomic mass is 19.4. The van der Waals surface area contributed by atoms with Crippen LogP contribution in [0.1, 0.15) is 35.2 Å². The van der Waals surface area contributed by atoms with Gasteiger partial charge in [-0.3, -0.25) is 9.59 Å². The summed E-state index contributed by atoms with van der Waals surface area (Å²) >= 11 is 0. The van der Waals surface area contributed by atoms with Crippen LogP contribution in [0.15, 0.2) is 24.3 Å². The number of nitriles is 1. The monoisotopic (exact) mass is 367 g/mol. The smallest absolute Gasteiger partial charge is 0.344 e. The number of carbonyl (C=O) groups excluding carboxylic acids is 2. The summed E-state index contributed by atoms with van der Waals surface area (Å²) in [6, 6.07) is 6.14. The minimum absolute atomic E-state index is 0.0399. The molecular formula is C18H20F3N3O2. The molecule has 1 aliphatic heterocycles. The zero-order valence-corrected chi connectivity index (χ0v) is 14.4. The lowest BCUT2D eigenvalue weighted by Gasteiger charge is -2.33. The molecule has 1 aromatic rings. The molecule has 0 N–H and O–H groups in total. The molecule has 2 amide bonds. The number of carbonyl (C=O) groups is 2. The normalized spacial score (nSPS) is 15.4. The summed E-state index contributed by atoms with van der Waals surface area (Å²) in [4.78, 5) is 27.8. The van der Waals surface area contributed by atoms with Crippen LogP contribution in [0, 0.1) is 17.2 Å². The molecule has 0 bridgehead atoms. The maximum Gasteiger partial charge on any atom is 0.416 e. The summed E-state index contributed by atoms with van der Waals surface area (Å²) in [6.07, 6.45) is -3.16. The zero-order valence-electron chi connectivity index (χ0n) is 14.4. The highest BCUT2D eigenvalue weighted by molar-refractivity contribution is 5.94. The van der Waals surface area contributed by atoms with Gasteiger partial charge in [0.05, 0.1) is 18.1 Å². The number of alkyl halides is 3. The molecule has 0 atom stereocenters. The zero-order chi connectivity index (χ0) is 19.3. The van der Waals surface area contributed by atoms with E-state index in [-0.39, 0.29) is 29.7 Å². The first-order chi connectivity index (χ1) is 12.2. The summed E-state index contributed by atoms with van der Waals surface area (Å²) in [5.41, 5.74) is -0.590. The fourth-order valence-corrected chi connectivity index (χ4v) is 2.95. The number of rotatable bonds is 4. The van der Waals surface area contributed by atoms with Gasteiger partial charge < -0.3 is 9.80 Å². The van der Waals surface area contributed by atoms with Gasteiger partial charge in [0.25, 0.3) is 5.91 Å². The van der Waals surface area contributed by atoms with Crippen molar-refractivity contribution in [2.45, 2.75) is 25.4 Å². The molecule has 26 heavy (non-hydrogen) atoms. The Bertz CT molecular complexity index is 687. The largest absolute Gasteiger partial charge is 0.416 e. The summed E-state index contributed by atoms with van der Waals surface area (Å²) < 4.78 is 37.8. The Morgan fingerprint density at radius 1 is 1.23 bits per heavy atom. The van der Waals surface area contributed by atoms with Crippen molar-refractivity contribution in [3.8, 4) is 6.07 Å². The molecule has 0 saturated carbocycles. The Morgan fingerprint density at radius 2 is 1.81 bits per heavy atom. The van der Waals surface area contributed by atoms with E-state index >= 15 is 0 Å². The second-order valence-electron chi connectivity index (χ2n) is 6.31. The summed E-state index contributed by atoms with van der Waals surface area (Å²) in [5, 5.41) is 8.58. The van der Waals surface area contributed by atoms with E-state index in [1.807, 2.05) is 6.07 Å². The van der Waals surface area contributed by atoms with Crippen molar-refractivity contribution in [2.24, 2.45) is 5.92 Å². The fraction of sp³-hybridized carbons (Fsp3) is 0.500. The quantitative estimate of drug-likeness (QED) is 0.822. The molecule has 1 saturated heterocycles. The van der Waals surface area contributed by atoms with E-state index in [0.717, 1.165) is 12.1 Å². The number of nitrogens with zero attached hydrogens (tertiary/aromatic N) is 3. The second kappa shape index (κ2) is 8.21.